The maximum absolute atomic E-state index is 11.7. The molecule has 0 heterocycles. The van der Waals surface area contributed by atoms with Gasteiger partial charge in [0.2, 0.25) is 5.91 Å². The van der Waals surface area contributed by atoms with E-state index in [1.165, 1.54) is 6.07 Å². The zero-order valence-electron chi connectivity index (χ0n) is 9.20. The third kappa shape index (κ3) is 4.32. The van der Waals surface area contributed by atoms with Gasteiger partial charge in [-0.1, -0.05) is 11.6 Å². The fourth-order valence-corrected chi connectivity index (χ4v) is 1.48. The van der Waals surface area contributed by atoms with Crippen LogP contribution in [-0.2, 0) is 4.79 Å². The number of hydrogen-bond donors (Lipinski definition) is 3. The first-order valence-corrected chi connectivity index (χ1v) is 5.50. The molecule has 0 atom stereocenters. The summed E-state index contributed by atoms with van der Waals surface area (Å²) in [5.74, 6) is -0.672. The maximum atomic E-state index is 11.7. The summed E-state index contributed by atoms with van der Waals surface area (Å²) in [6.45, 7) is 0.379. The monoisotopic (exact) mass is 255 g/mol. The molecule has 0 spiro atoms. The maximum Gasteiger partial charge on any atom is 0.253 e. The Morgan fingerprint density at radius 3 is 2.65 bits per heavy atom. The molecule has 0 aliphatic heterocycles. The Labute approximate surface area is 104 Å². The van der Waals surface area contributed by atoms with Gasteiger partial charge in [0.05, 0.1) is 5.56 Å². The predicted octanol–water partition coefficient (Wildman–Crippen LogP) is 0.917. The highest BCUT2D eigenvalue weighted by molar-refractivity contribution is 6.31. The number of benzene rings is 1. The molecule has 1 aromatic carbocycles. The first kappa shape index (κ1) is 13.3. The van der Waals surface area contributed by atoms with Gasteiger partial charge in [-0.2, -0.15) is 0 Å². The summed E-state index contributed by atoms with van der Waals surface area (Å²) >= 11 is 5.72. The molecule has 1 aromatic rings. The minimum absolute atomic E-state index is 0.246. The molecule has 92 valence electrons. The van der Waals surface area contributed by atoms with Crippen LogP contribution >= 0.6 is 11.6 Å². The topological polar surface area (TPSA) is 98.2 Å². The van der Waals surface area contributed by atoms with Crippen molar-refractivity contribution in [2.24, 2.45) is 5.73 Å². The minimum atomic E-state index is -0.384. The Morgan fingerprint density at radius 2 is 2.06 bits per heavy atom. The van der Waals surface area contributed by atoms with Gasteiger partial charge in [-0.25, -0.2) is 0 Å². The first-order valence-electron chi connectivity index (χ1n) is 5.12. The summed E-state index contributed by atoms with van der Waals surface area (Å²) in [4.78, 5) is 22.2. The average Bonchev–Trinajstić information content (AvgIpc) is 2.23. The summed E-state index contributed by atoms with van der Waals surface area (Å²) in [5.41, 5.74) is 11.3. The number of anilines is 1. The van der Waals surface area contributed by atoms with Gasteiger partial charge in [0.15, 0.2) is 0 Å². The summed E-state index contributed by atoms with van der Waals surface area (Å²) in [5, 5.41) is 3.12. The van der Waals surface area contributed by atoms with Crippen molar-refractivity contribution in [1.82, 2.24) is 5.32 Å². The van der Waals surface area contributed by atoms with E-state index < -0.39 is 0 Å². The van der Waals surface area contributed by atoms with E-state index in [4.69, 9.17) is 23.1 Å². The number of carbonyl (C=O) groups is 2. The largest absolute Gasteiger partial charge is 0.398 e. The highest BCUT2D eigenvalue weighted by Gasteiger charge is 2.09. The Balaban J connectivity index is 2.50. The van der Waals surface area contributed by atoms with E-state index in [0.717, 1.165) is 0 Å². The van der Waals surface area contributed by atoms with Gasteiger partial charge in [-0.3, -0.25) is 9.59 Å². The van der Waals surface area contributed by atoms with Crippen molar-refractivity contribution in [3.63, 3.8) is 0 Å². The molecule has 5 N–H and O–H groups in total. The molecule has 0 fully saturated rings. The Hall–Kier alpha value is -1.75. The van der Waals surface area contributed by atoms with Crippen LogP contribution in [0.1, 0.15) is 23.2 Å². The number of rotatable bonds is 5. The van der Waals surface area contributed by atoms with Crippen LogP contribution in [0.25, 0.3) is 0 Å². The van der Waals surface area contributed by atoms with Crippen molar-refractivity contribution >= 4 is 29.1 Å². The molecule has 0 radical (unpaired) electrons. The third-order valence-electron chi connectivity index (χ3n) is 2.14. The number of amides is 2. The fourth-order valence-electron chi connectivity index (χ4n) is 1.30. The highest BCUT2D eigenvalue weighted by atomic mass is 35.5. The van der Waals surface area contributed by atoms with E-state index in [1.54, 1.807) is 12.1 Å². The van der Waals surface area contributed by atoms with Crippen molar-refractivity contribution in [1.29, 1.82) is 0 Å². The van der Waals surface area contributed by atoms with Crippen LogP contribution in [-0.4, -0.2) is 18.4 Å². The quantitative estimate of drug-likeness (QED) is 0.539. The van der Waals surface area contributed by atoms with Crippen molar-refractivity contribution < 1.29 is 9.59 Å². The van der Waals surface area contributed by atoms with Crippen LogP contribution < -0.4 is 16.8 Å². The number of hydrogen-bond acceptors (Lipinski definition) is 3. The summed E-state index contributed by atoms with van der Waals surface area (Å²) in [6, 6.07) is 4.66. The molecular weight excluding hydrogens is 242 g/mol. The molecule has 5 nitrogen and oxygen atoms in total. The lowest BCUT2D eigenvalue weighted by Gasteiger charge is -2.07. The molecule has 0 aliphatic carbocycles. The number of nitrogens with one attached hydrogen (secondary N) is 1. The van der Waals surface area contributed by atoms with Crippen molar-refractivity contribution in [3.05, 3.63) is 28.8 Å². The number of carbonyl (C=O) groups excluding carboxylic acids is 2. The molecule has 0 aliphatic rings. The SMILES string of the molecule is NC(=O)CCCNC(=O)c1ccc(Cl)cc1N. The molecule has 0 unspecified atom stereocenters. The van der Waals surface area contributed by atoms with Gasteiger partial charge in [0.1, 0.15) is 0 Å². The average molecular weight is 256 g/mol. The second-order valence-corrected chi connectivity index (χ2v) is 3.99. The van der Waals surface area contributed by atoms with Crippen molar-refractivity contribution in [2.45, 2.75) is 12.8 Å². The second-order valence-electron chi connectivity index (χ2n) is 3.56. The third-order valence-corrected chi connectivity index (χ3v) is 2.38. The zero-order chi connectivity index (χ0) is 12.8. The van der Waals surface area contributed by atoms with Gasteiger partial charge in [-0.15, -0.1) is 0 Å². The van der Waals surface area contributed by atoms with Crippen LogP contribution in [0.5, 0.6) is 0 Å². The highest BCUT2D eigenvalue weighted by Crippen LogP contribution is 2.17. The van der Waals surface area contributed by atoms with Crippen LogP contribution in [0.3, 0.4) is 0 Å². The molecule has 0 saturated heterocycles. The van der Waals surface area contributed by atoms with Gasteiger partial charge in [0.25, 0.3) is 5.91 Å². The lowest BCUT2D eigenvalue weighted by molar-refractivity contribution is -0.118. The number of nitrogen functional groups attached to an aromatic ring is 1. The van der Waals surface area contributed by atoms with Crippen LogP contribution in [0.4, 0.5) is 5.69 Å². The molecule has 2 amide bonds. The predicted molar refractivity (Wildman–Crippen MR) is 66.6 cm³/mol. The molecule has 0 bridgehead atoms. The smallest absolute Gasteiger partial charge is 0.253 e. The summed E-state index contributed by atoms with van der Waals surface area (Å²) in [7, 11) is 0. The zero-order valence-corrected chi connectivity index (χ0v) is 9.96. The second kappa shape index (κ2) is 6.10. The van der Waals surface area contributed by atoms with E-state index in [-0.39, 0.29) is 18.2 Å². The van der Waals surface area contributed by atoms with Gasteiger partial charge >= 0.3 is 0 Å². The van der Waals surface area contributed by atoms with E-state index in [1.807, 2.05) is 0 Å². The van der Waals surface area contributed by atoms with Crippen LogP contribution in [0.2, 0.25) is 5.02 Å². The molecule has 17 heavy (non-hydrogen) atoms. The summed E-state index contributed by atoms with van der Waals surface area (Å²) < 4.78 is 0. The van der Waals surface area contributed by atoms with Crippen molar-refractivity contribution in [3.8, 4) is 0 Å². The van der Waals surface area contributed by atoms with Gasteiger partial charge in [-0.05, 0) is 24.6 Å². The number of halogens is 1. The lowest BCUT2D eigenvalue weighted by atomic mass is 10.1. The molecule has 0 saturated carbocycles. The summed E-state index contributed by atoms with van der Waals surface area (Å²) in [6.07, 6.45) is 0.755. The molecule has 6 heteroatoms. The Bertz CT molecular complexity index is 435. The van der Waals surface area contributed by atoms with E-state index in [9.17, 15) is 9.59 Å². The normalized spacial score (nSPS) is 9.94. The molecule has 0 aromatic heterocycles. The standard InChI is InChI=1S/C11H14ClN3O2/c12-7-3-4-8(9(13)6-7)11(17)15-5-1-2-10(14)16/h3-4,6H,1-2,5,13H2,(H2,14,16)(H,15,17). The minimum Gasteiger partial charge on any atom is -0.398 e. The molecular formula is C11H14ClN3O2. The first-order chi connectivity index (χ1) is 8.00. The van der Waals surface area contributed by atoms with E-state index in [0.29, 0.717) is 29.2 Å². The number of primary amides is 1. The fraction of sp³-hybridized carbons (Fsp3) is 0.273. The van der Waals surface area contributed by atoms with Crippen molar-refractivity contribution in [2.75, 3.05) is 12.3 Å². The Morgan fingerprint density at radius 1 is 1.35 bits per heavy atom. The van der Waals surface area contributed by atoms with Gasteiger partial charge in [0, 0.05) is 23.7 Å². The van der Waals surface area contributed by atoms with Gasteiger partial charge < -0.3 is 16.8 Å². The molecule has 1 rings (SSSR count). The van der Waals surface area contributed by atoms with Crippen LogP contribution in [0, 0.1) is 0 Å². The lowest BCUT2D eigenvalue weighted by Crippen LogP contribution is -2.26. The number of nitrogens with two attached hydrogens (primary N) is 2. The Kier molecular flexibility index (Phi) is 4.78. The van der Waals surface area contributed by atoms with Crippen LogP contribution in [0.15, 0.2) is 18.2 Å². The van der Waals surface area contributed by atoms with E-state index >= 15 is 0 Å². The van der Waals surface area contributed by atoms with E-state index in [2.05, 4.69) is 5.32 Å².